The van der Waals surface area contributed by atoms with Gasteiger partial charge in [0.25, 0.3) is 0 Å². The Morgan fingerprint density at radius 1 is 1.25 bits per heavy atom. The molecular weight excluding hydrogens is 266 g/mol. The highest BCUT2D eigenvalue weighted by Gasteiger charge is 2.24. The number of fused-ring (bicyclic) bond motifs is 1. The molecule has 1 unspecified atom stereocenters. The number of rotatable bonds is 1. The first-order valence-corrected chi connectivity index (χ1v) is 6.16. The Balaban J connectivity index is 2.05. The number of nitrogens with one attached hydrogen (secondary N) is 2. The zero-order chi connectivity index (χ0) is 11.0. The Kier molecular flexibility index (Phi) is 2.53. The molecule has 1 atom stereocenters. The number of nitrogens with zero attached hydrogens (tertiary/aromatic N) is 1. The predicted molar refractivity (Wildman–Crippen MR) is 66.3 cm³/mol. The van der Waals surface area contributed by atoms with E-state index in [0.717, 1.165) is 23.4 Å². The number of aromatic nitrogens is 2. The van der Waals surface area contributed by atoms with Crippen LogP contribution >= 0.6 is 15.9 Å². The lowest BCUT2D eigenvalue weighted by molar-refractivity contribution is 0.553. The molecule has 2 N–H and O–H groups in total. The van der Waals surface area contributed by atoms with E-state index >= 15 is 0 Å². The highest BCUT2D eigenvalue weighted by molar-refractivity contribution is 9.10. The van der Waals surface area contributed by atoms with E-state index < -0.39 is 0 Å². The molecule has 2 heterocycles. The molecule has 1 aliphatic heterocycles. The molecule has 0 saturated carbocycles. The molecule has 0 fully saturated rings. The van der Waals surface area contributed by atoms with Gasteiger partial charge in [0.15, 0.2) is 4.73 Å². The monoisotopic (exact) mass is 277 g/mol. The summed E-state index contributed by atoms with van der Waals surface area (Å²) in [4.78, 5) is 7.77. The first-order chi connectivity index (χ1) is 7.84. The van der Waals surface area contributed by atoms with Crippen molar-refractivity contribution in [3.8, 4) is 0 Å². The van der Waals surface area contributed by atoms with Crippen molar-refractivity contribution in [3.05, 3.63) is 52.0 Å². The van der Waals surface area contributed by atoms with Gasteiger partial charge in [0.05, 0.1) is 11.7 Å². The van der Waals surface area contributed by atoms with E-state index in [2.05, 4.69) is 55.5 Å². The summed E-state index contributed by atoms with van der Waals surface area (Å²) in [6, 6.07) is 10.6. The molecule has 0 spiro atoms. The Bertz CT molecular complexity index is 492. The minimum Gasteiger partial charge on any atom is -0.336 e. The van der Waals surface area contributed by atoms with Crippen LogP contribution in [0.2, 0.25) is 0 Å². The number of hydrogen-bond donors (Lipinski definition) is 2. The molecule has 0 aliphatic carbocycles. The maximum absolute atomic E-state index is 4.51. The van der Waals surface area contributed by atoms with E-state index in [9.17, 15) is 0 Å². The van der Waals surface area contributed by atoms with Crippen LogP contribution in [0.4, 0.5) is 0 Å². The Morgan fingerprint density at radius 3 is 2.88 bits per heavy atom. The number of H-pyrrole nitrogens is 1. The second-order valence-electron chi connectivity index (χ2n) is 3.94. The molecule has 1 aromatic carbocycles. The lowest BCUT2D eigenvalue weighted by atomic mass is 9.98. The van der Waals surface area contributed by atoms with Crippen LogP contribution in [-0.2, 0) is 6.42 Å². The third kappa shape index (κ3) is 1.68. The second kappa shape index (κ2) is 4.03. The minimum absolute atomic E-state index is 0.215. The molecule has 1 aromatic heterocycles. The van der Waals surface area contributed by atoms with E-state index in [1.165, 1.54) is 11.3 Å². The lowest BCUT2D eigenvalue weighted by Crippen LogP contribution is -2.30. The van der Waals surface area contributed by atoms with E-state index in [1.54, 1.807) is 0 Å². The van der Waals surface area contributed by atoms with Crippen molar-refractivity contribution in [2.75, 3.05) is 6.54 Å². The van der Waals surface area contributed by atoms with E-state index in [4.69, 9.17) is 0 Å². The smallest absolute Gasteiger partial charge is 0.174 e. The van der Waals surface area contributed by atoms with Crippen molar-refractivity contribution in [2.45, 2.75) is 12.5 Å². The lowest BCUT2D eigenvalue weighted by Gasteiger charge is -2.23. The van der Waals surface area contributed by atoms with Crippen LogP contribution in [0.25, 0.3) is 0 Å². The molecule has 4 heteroatoms. The van der Waals surface area contributed by atoms with Gasteiger partial charge in [0.2, 0.25) is 0 Å². The first-order valence-electron chi connectivity index (χ1n) is 5.37. The molecule has 1 aliphatic rings. The van der Waals surface area contributed by atoms with E-state index in [0.29, 0.717) is 0 Å². The van der Waals surface area contributed by atoms with E-state index in [-0.39, 0.29) is 6.04 Å². The fourth-order valence-corrected chi connectivity index (χ4v) is 2.61. The van der Waals surface area contributed by atoms with Crippen LogP contribution in [0, 0.1) is 0 Å². The number of benzene rings is 1. The topological polar surface area (TPSA) is 40.7 Å². The molecule has 2 aromatic rings. The van der Waals surface area contributed by atoms with Crippen molar-refractivity contribution in [1.29, 1.82) is 0 Å². The molecule has 0 bridgehead atoms. The highest BCUT2D eigenvalue weighted by Crippen LogP contribution is 2.27. The number of aromatic amines is 1. The molecule has 82 valence electrons. The summed E-state index contributed by atoms with van der Waals surface area (Å²) in [7, 11) is 0. The third-order valence-electron chi connectivity index (χ3n) is 2.91. The molecule has 0 saturated heterocycles. The Morgan fingerprint density at radius 2 is 2.06 bits per heavy atom. The summed E-state index contributed by atoms with van der Waals surface area (Å²) in [6.45, 7) is 0.987. The van der Waals surface area contributed by atoms with Crippen LogP contribution in [0.3, 0.4) is 0 Å². The van der Waals surface area contributed by atoms with Gasteiger partial charge in [-0.15, -0.1) is 0 Å². The molecular formula is C12H12BrN3. The van der Waals surface area contributed by atoms with Crippen molar-refractivity contribution in [3.63, 3.8) is 0 Å². The van der Waals surface area contributed by atoms with Gasteiger partial charge in [-0.3, -0.25) is 0 Å². The standard InChI is InChI=1S/C12H12BrN3/c13-12-15-9-6-7-14-10(11(9)16-12)8-4-2-1-3-5-8/h1-5,10,14H,6-7H2,(H,15,16). The quantitative estimate of drug-likeness (QED) is 0.841. The normalized spacial score (nSPS) is 19.4. The summed E-state index contributed by atoms with van der Waals surface area (Å²) >= 11 is 3.40. The fourth-order valence-electron chi connectivity index (χ4n) is 2.18. The zero-order valence-electron chi connectivity index (χ0n) is 8.70. The van der Waals surface area contributed by atoms with Crippen molar-refractivity contribution in [1.82, 2.24) is 15.3 Å². The average Bonchev–Trinajstić information content (AvgIpc) is 2.70. The number of imidazole rings is 1. The van der Waals surface area contributed by atoms with Gasteiger partial charge in [-0.1, -0.05) is 30.3 Å². The molecule has 0 radical (unpaired) electrons. The van der Waals surface area contributed by atoms with Gasteiger partial charge in [-0.25, -0.2) is 4.98 Å². The van der Waals surface area contributed by atoms with Gasteiger partial charge in [-0.05, 0) is 21.5 Å². The third-order valence-corrected chi connectivity index (χ3v) is 3.29. The zero-order valence-corrected chi connectivity index (χ0v) is 10.3. The largest absolute Gasteiger partial charge is 0.336 e. The van der Waals surface area contributed by atoms with Crippen LogP contribution in [0.1, 0.15) is 23.0 Å². The SMILES string of the molecule is Brc1nc2c([nH]1)CCNC2c1ccccc1. The van der Waals surface area contributed by atoms with Crippen molar-refractivity contribution in [2.24, 2.45) is 0 Å². The van der Waals surface area contributed by atoms with Gasteiger partial charge < -0.3 is 10.3 Å². The van der Waals surface area contributed by atoms with Crippen LogP contribution in [0.15, 0.2) is 35.1 Å². The Labute approximate surface area is 102 Å². The summed E-state index contributed by atoms with van der Waals surface area (Å²) in [5.41, 5.74) is 3.62. The molecule has 3 nitrogen and oxygen atoms in total. The van der Waals surface area contributed by atoms with Gasteiger partial charge >= 0.3 is 0 Å². The minimum atomic E-state index is 0.215. The van der Waals surface area contributed by atoms with Crippen molar-refractivity contribution >= 4 is 15.9 Å². The maximum atomic E-state index is 4.51. The Hall–Kier alpha value is -1.13. The predicted octanol–water partition coefficient (Wildman–Crippen LogP) is 2.41. The van der Waals surface area contributed by atoms with E-state index in [1.807, 2.05) is 6.07 Å². The maximum Gasteiger partial charge on any atom is 0.174 e. The summed E-state index contributed by atoms with van der Waals surface area (Å²) in [6.07, 6.45) is 1.01. The average molecular weight is 278 g/mol. The van der Waals surface area contributed by atoms with Gasteiger partial charge in [0.1, 0.15) is 0 Å². The molecule has 0 amide bonds. The summed E-state index contributed by atoms with van der Waals surface area (Å²) < 4.78 is 0.821. The van der Waals surface area contributed by atoms with Crippen LogP contribution in [0.5, 0.6) is 0 Å². The highest BCUT2D eigenvalue weighted by atomic mass is 79.9. The van der Waals surface area contributed by atoms with Crippen LogP contribution in [-0.4, -0.2) is 16.5 Å². The molecule has 3 rings (SSSR count). The second-order valence-corrected chi connectivity index (χ2v) is 4.69. The van der Waals surface area contributed by atoms with Crippen molar-refractivity contribution < 1.29 is 0 Å². The fraction of sp³-hybridized carbons (Fsp3) is 0.250. The summed E-state index contributed by atoms with van der Waals surface area (Å²) in [5.74, 6) is 0. The summed E-state index contributed by atoms with van der Waals surface area (Å²) in [5, 5.41) is 3.50. The van der Waals surface area contributed by atoms with Crippen LogP contribution < -0.4 is 5.32 Å². The van der Waals surface area contributed by atoms with Gasteiger partial charge in [0, 0.05) is 18.7 Å². The molecule has 16 heavy (non-hydrogen) atoms. The number of hydrogen-bond acceptors (Lipinski definition) is 2. The number of halogens is 1. The van der Waals surface area contributed by atoms with Gasteiger partial charge in [-0.2, -0.15) is 0 Å². The first kappa shape index (κ1) is 10.1.